The second-order valence-electron chi connectivity index (χ2n) is 8.99. The SMILES string of the molecule is CC(C)CC(NC(=O)c1ccn(S(C)(=O)=O)c1)C(=O)Nc1nc(-c2cccc(-c3ccncc3)c2)cs1. The number of carbonyl (C=O) groups excluding carboxylic acids is 2. The van der Waals surface area contributed by atoms with Crippen molar-refractivity contribution in [3.05, 3.63) is 78.2 Å². The van der Waals surface area contributed by atoms with Crippen molar-refractivity contribution >= 4 is 38.3 Å². The van der Waals surface area contributed by atoms with Gasteiger partial charge < -0.3 is 10.6 Å². The molecular formula is C26H27N5O4S2. The molecule has 1 aromatic carbocycles. The maximum Gasteiger partial charge on any atom is 0.253 e. The first kappa shape index (κ1) is 26.2. The predicted molar refractivity (Wildman–Crippen MR) is 145 cm³/mol. The third-order valence-electron chi connectivity index (χ3n) is 5.55. The Morgan fingerprint density at radius 3 is 2.46 bits per heavy atom. The number of thiazole rings is 1. The number of hydrogen-bond donors (Lipinski definition) is 2. The maximum atomic E-state index is 13.1. The van der Waals surface area contributed by atoms with E-state index in [0.29, 0.717) is 11.6 Å². The van der Waals surface area contributed by atoms with Crippen LogP contribution >= 0.6 is 11.3 Å². The Hall–Kier alpha value is -3.83. The highest BCUT2D eigenvalue weighted by Crippen LogP contribution is 2.29. The average molecular weight is 538 g/mol. The Balaban J connectivity index is 1.47. The summed E-state index contributed by atoms with van der Waals surface area (Å²) in [6.07, 6.45) is 7.45. The minimum atomic E-state index is -3.51. The van der Waals surface area contributed by atoms with Crippen molar-refractivity contribution in [2.75, 3.05) is 11.6 Å². The lowest BCUT2D eigenvalue weighted by molar-refractivity contribution is -0.118. The van der Waals surface area contributed by atoms with Gasteiger partial charge in [0.25, 0.3) is 5.91 Å². The van der Waals surface area contributed by atoms with Gasteiger partial charge in [-0.3, -0.25) is 18.5 Å². The summed E-state index contributed by atoms with van der Waals surface area (Å²) in [5.74, 6) is -0.800. The molecule has 9 nitrogen and oxygen atoms in total. The zero-order valence-corrected chi connectivity index (χ0v) is 22.2. The number of rotatable bonds is 9. The predicted octanol–water partition coefficient (Wildman–Crippen LogP) is 4.26. The van der Waals surface area contributed by atoms with Crippen LogP contribution in [0.25, 0.3) is 22.4 Å². The summed E-state index contributed by atoms with van der Waals surface area (Å²) in [4.78, 5) is 34.5. The van der Waals surface area contributed by atoms with Crippen molar-refractivity contribution in [2.24, 2.45) is 5.92 Å². The molecule has 0 spiro atoms. The molecule has 0 aliphatic heterocycles. The van der Waals surface area contributed by atoms with Crippen LogP contribution in [0.2, 0.25) is 0 Å². The Kier molecular flexibility index (Phi) is 7.84. The molecule has 0 aliphatic rings. The minimum absolute atomic E-state index is 0.124. The molecule has 1 unspecified atom stereocenters. The van der Waals surface area contributed by atoms with Gasteiger partial charge in [-0.15, -0.1) is 11.3 Å². The van der Waals surface area contributed by atoms with Gasteiger partial charge in [0.05, 0.1) is 17.5 Å². The minimum Gasteiger partial charge on any atom is -0.340 e. The van der Waals surface area contributed by atoms with E-state index >= 15 is 0 Å². The van der Waals surface area contributed by atoms with Gasteiger partial charge in [0, 0.05) is 35.7 Å². The Labute approximate surface area is 219 Å². The van der Waals surface area contributed by atoms with E-state index in [-0.39, 0.29) is 11.5 Å². The summed E-state index contributed by atoms with van der Waals surface area (Å²) in [7, 11) is -3.51. The van der Waals surface area contributed by atoms with Gasteiger partial charge in [-0.2, -0.15) is 0 Å². The molecule has 0 bridgehead atoms. The van der Waals surface area contributed by atoms with Crippen LogP contribution in [-0.4, -0.2) is 46.5 Å². The Morgan fingerprint density at radius 2 is 1.78 bits per heavy atom. The molecule has 3 aromatic heterocycles. The van der Waals surface area contributed by atoms with Crippen LogP contribution in [0, 0.1) is 5.92 Å². The van der Waals surface area contributed by atoms with Crippen molar-refractivity contribution < 1.29 is 18.0 Å². The normalized spacial score (nSPS) is 12.3. The van der Waals surface area contributed by atoms with Crippen molar-refractivity contribution in [1.29, 1.82) is 0 Å². The second kappa shape index (κ2) is 11.1. The first-order valence-corrected chi connectivity index (χ1v) is 14.3. The fraction of sp³-hybridized carbons (Fsp3) is 0.231. The van der Waals surface area contributed by atoms with E-state index in [1.807, 2.05) is 55.6 Å². The largest absolute Gasteiger partial charge is 0.340 e. The van der Waals surface area contributed by atoms with Crippen LogP contribution < -0.4 is 10.6 Å². The number of hydrogen-bond acceptors (Lipinski definition) is 7. The lowest BCUT2D eigenvalue weighted by Crippen LogP contribution is -2.44. The fourth-order valence-corrected chi connectivity index (χ4v) is 5.03. The van der Waals surface area contributed by atoms with E-state index in [0.717, 1.165) is 32.6 Å². The molecule has 2 amide bonds. The molecule has 37 heavy (non-hydrogen) atoms. The zero-order chi connectivity index (χ0) is 26.6. The van der Waals surface area contributed by atoms with Crippen molar-refractivity contribution in [1.82, 2.24) is 19.3 Å². The second-order valence-corrected chi connectivity index (χ2v) is 11.7. The van der Waals surface area contributed by atoms with Gasteiger partial charge in [0.15, 0.2) is 5.13 Å². The van der Waals surface area contributed by atoms with Crippen molar-refractivity contribution in [3.63, 3.8) is 0 Å². The van der Waals surface area contributed by atoms with Gasteiger partial charge in [0.1, 0.15) is 6.04 Å². The monoisotopic (exact) mass is 537 g/mol. The highest BCUT2D eigenvalue weighted by atomic mass is 32.2. The maximum absolute atomic E-state index is 13.1. The van der Waals surface area contributed by atoms with E-state index in [1.54, 1.807) is 12.4 Å². The zero-order valence-electron chi connectivity index (χ0n) is 20.6. The number of carbonyl (C=O) groups is 2. The molecule has 0 aliphatic carbocycles. The quantitative estimate of drug-likeness (QED) is 0.329. The Morgan fingerprint density at radius 1 is 1.05 bits per heavy atom. The van der Waals surface area contributed by atoms with Gasteiger partial charge >= 0.3 is 0 Å². The van der Waals surface area contributed by atoms with Gasteiger partial charge in [-0.05, 0) is 47.7 Å². The van der Waals surface area contributed by atoms with Crippen LogP contribution in [0.5, 0.6) is 0 Å². The molecule has 3 heterocycles. The molecule has 4 aromatic rings. The molecule has 0 radical (unpaired) electrons. The van der Waals surface area contributed by atoms with E-state index in [9.17, 15) is 18.0 Å². The number of benzene rings is 1. The van der Waals surface area contributed by atoms with E-state index in [2.05, 4.69) is 20.6 Å². The third kappa shape index (κ3) is 6.69. The van der Waals surface area contributed by atoms with Crippen molar-refractivity contribution in [2.45, 2.75) is 26.3 Å². The molecule has 0 saturated carbocycles. The lowest BCUT2D eigenvalue weighted by Gasteiger charge is -2.19. The summed E-state index contributed by atoms with van der Waals surface area (Å²) in [6.45, 7) is 3.90. The van der Waals surface area contributed by atoms with Gasteiger partial charge in [0.2, 0.25) is 15.9 Å². The van der Waals surface area contributed by atoms with Crippen LogP contribution in [0.4, 0.5) is 5.13 Å². The Bertz CT molecular complexity index is 1510. The molecular weight excluding hydrogens is 510 g/mol. The topological polar surface area (TPSA) is 123 Å². The van der Waals surface area contributed by atoms with Crippen LogP contribution in [0.1, 0.15) is 30.6 Å². The number of amides is 2. The summed E-state index contributed by atoms with van der Waals surface area (Å²) in [6, 6.07) is 12.4. The number of nitrogens with one attached hydrogen (secondary N) is 2. The molecule has 1 atom stereocenters. The molecule has 192 valence electrons. The summed E-state index contributed by atoms with van der Waals surface area (Å²) in [5.41, 5.74) is 3.86. The number of aromatic nitrogens is 3. The van der Waals surface area contributed by atoms with Gasteiger partial charge in [-0.25, -0.2) is 13.4 Å². The molecule has 4 rings (SSSR count). The summed E-state index contributed by atoms with van der Waals surface area (Å²) in [5, 5.41) is 7.82. The highest BCUT2D eigenvalue weighted by Gasteiger charge is 2.24. The molecule has 2 N–H and O–H groups in total. The number of anilines is 1. The smallest absolute Gasteiger partial charge is 0.253 e. The molecule has 0 saturated heterocycles. The third-order valence-corrected chi connectivity index (χ3v) is 7.30. The fourth-order valence-electron chi connectivity index (χ4n) is 3.72. The molecule has 0 fully saturated rings. The lowest BCUT2D eigenvalue weighted by atomic mass is 10.0. The summed E-state index contributed by atoms with van der Waals surface area (Å²) >= 11 is 1.30. The van der Waals surface area contributed by atoms with Crippen LogP contribution in [-0.2, 0) is 14.8 Å². The number of pyridine rings is 1. The van der Waals surface area contributed by atoms with E-state index < -0.39 is 27.9 Å². The van der Waals surface area contributed by atoms with E-state index in [4.69, 9.17) is 0 Å². The number of nitrogens with zero attached hydrogens (tertiary/aromatic N) is 3. The van der Waals surface area contributed by atoms with E-state index in [1.165, 1.54) is 29.8 Å². The standard InChI is InChI=1S/C26H27N5O4S2/c1-17(2)13-22(28-24(32)21-9-12-31(15-21)37(3,34)35)25(33)30-26-29-23(16-36-26)20-6-4-5-19(14-20)18-7-10-27-11-8-18/h4-12,14-17,22H,13H2,1-3H3,(H,28,32)(H,29,30,33). The molecule has 11 heteroatoms. The average Bonchev–Trinajstić information content (AvgIpc) is 3.54. The first-order valence-electron chi connectivity index (χ1n) is 11.6. The van der Waals surface area contributed by atoms with Crippen molar-refractivity contribution in [3.8, 4) is 22.4 Å². The summed E-state index contributed by atoms with van der Waals surface area (Å²) < 4.78 is 24.4. The van der Waals surface area contributed by atoms with Crippen LogP contribution in [0.15, 0.2) is 72.6 Å². The van der Waals surface area contributed by atoms with Gasteiger partial charge in [-0.1, -0.05) is 32.0 Å². The first-order chi connectivity index (χ1) is 17.6. The highest BCUT2D eigenvalue weighted by molar-refractivity contribution is 7.89. The van der Waals surface area contributed by atoms with Crippen LogP contribution in [0.3, 0.4) is 0 Å².